The van der Waals surface area contributed by atoms with Gasteiger partial charge in [0.1, 0.15) is 5.75 Å². The SMILES string of the molecule is COc1cc(Oc2ccc(C3=C(C)C(=O)NC(O)N3C)c(C)c2)ncc1F. The zero-order valence-electron chi connectivity index (χ0n) is 15.4. The number of carbonyl (C=O) groups excluding carboxylic acids is 1. The number of nitrogens with zero attached hydrogens (tertiary/aromatic N) is 2. The number of hydrogen-bond donors (Lipinski definition) is 2. The van der Waals surface area contributed by atoms with Crippen molar-refractivity contribution in [1.82, 2.24) is 15.2 Å². The number of pyridine rings is 1. The van der Waals surface area contributed by atoms with E-state index in [0.717, 1.165) is 17.3 Å². The third-order valence-corrected chi connectivity index (χ3v) is 4.37. The summed E-state index contributed by atoms with van der Waals surface area (Å²) in [6.45, 7) is 3.57. The number of nitrogens with one attached hydrogen (secondary N) is 1. The summed E-state index contributed by atoms with van der Waals surface area (Å²) in [6, 6.07) is 6.65. The predicted molar refractivity (Wildman–Crippen MR) is 96.5 cm³/mol. The number of aliphatic hydroxyl groups excluding tert-OH is 1. The average Bonchev–Trinajstić information content (AvgIpc) is 2.63. The summed E-state index contributed by atoms with van der Waals surface area (Å²) in [4.78, 5) is 17.5. The van der Waals surface area contributed by atoms with Crippen LogP contribution in [-0.4, -0.2) is 41.4 Å². The van der Waals surface area contributed by atoms with Crippen LogP contribution in [0.5, 0.6) is 17.4 Å². The molecule has 8 heteroatoms. The Morgan fingerprint density at radius 1 is 1.30 bits per heavy atom. The van der Waals surface area contributed by atoms with Gasteiger partial charge in [0.15, 0.2) is 11.6 Å². The second-order valence-corrected chi connectivity index (χ2v) is 6.17. The summed E-state index contributed by atoms with van der Waals surface area (Å²) < 4.78 is 24.1. The maximum atomic E-state index is 13.5. The summed E-state index contributed by atoms with van der Waals surface area (Å²) in [6.07, 6.45) is -0.0667. The molecule has 0 radical (unpaired) electrons. The molecule has 0 fully saturated rings. The van der Waals surface area contributed by atoms with Gasteiger partial charge in [-0.1, -0.05) is 0 Å². The normalized spacial score (nSPS) is 17.0. The molecule has 1 amide bonds. The van der Waals surface area contributed by atoms with E-state index in [1.54, 1.807) is 37.1 Å². The van der Waals surface area contributed by atoms with E-state index in [2.05, 4.69) is 10.3 Å². The van der Waals surface area contributed by atoms with Crippen LogP contribution in [0, 0.1) is 12.7 Å². The molecular formula is C19H20FN3O4. The van der Waals surface area contributed by atoms with Crippen LogP contribution in [0.3, 0.4) is 0 Å². The van der Waals surface area contributed by atoms with Gasteiger partial charge < -0.3 is 24.8 Å². The Morgan fingerprint density at radius 2 is 2.04 bits per heavy atom. The molecule has 1 aliphatic heterocycles. The van der Waals surface area contributed by atoms with Crippen molar-refractivity contribution in [2.45, 2.75) is 20.2 Å². The van der Waals surface area contributed by atoms with E-state index >= 15 is 0 Å². The molecule has 2 N–H and O–H groups in total. The molecule has 2 aromatic rings. The van der Waals surface area contributed by atoms with Crippen LogP contribution in [0.2, 0.25) is 0 Å². The van der Waals surface area contributed by atoms with Crippen molar-refractivity contribution in [2.75, 3.05) is 14.2 Å². The standard InChI is InChI=1S/C19H20FN3O4/c1-10-7-12(27-16-8-15(26-4)14(20)9-21-16)5-6-13(10)17-11(2)18(24)22-19(25)23(17)3/h5-9,19,25H,1-4H3,(H,22,24). The summed E-state index contributed by atoms with van der Waals surface area (Å²) in [5.41, 5.74) is 2.77. The summed E-state index contributed by atoms with van der Waals surface area (Å²) in [7, 11) is 3.06. The Kier molecular flexibility index (Phi) is 5.00. The number of aromatic nitrogens is 1. The Balaban J connectivity index is 1.92. The van der Waals surface area contributed by atoms with Gasteiger partial charge in [0.25, 0.3) is 5.91 Å². The molecule has 1 aromatic heterocycles. The smallest absolute Gasteiger partial charge is 0.252 e. The number of carbonyl (C=O) groups is 1. The van der Waals surface area contributed by atoms with Gasteiger partial charge in [-0.3, -0.25) is 4.79 Å². The van der Waals surface area contributed by atoms with Crippen LogP contribution in [0.1, 0.15) is 18.1 Å². The lowest BCUT2D eigenvalue weighted by molar-refractivity contribution is -0.124. The predicted octanol–water partition coefficient (Wildman–Crippen LogP) is 2.40. The van der Waals surface area contributed by atoms with E-state index < -0.39 is 12.2 Å². The lowest BCUT2D eigenvalue weighted by Gasteiger charge is -2.34. The highest BCUT2D eigenvalue weighted by atomic mass is 19.1. The Hall–Kier alpha value is -3.13. The quantitative estimate of drug-likeness (QED) is 0.856. The Labute approximate surface area is 156 Å². The zero-order valence-corrected chi connectivity index (χ0v) is 15.4. The topological polar surface area (TPSA) is 83.9 Å². The Morgan fingerprint density at radius 3 is 2.70 bits per heavy atom. The fraction of sp³-hybridized carbons (Fsp3) is 0.263. The fourth-order valence-corrected chi connectivity index (χ4v) is 2.91. The second kappa shape index (κ2) is 7.24. The largest absolute Gasteiger partial charge is 0.493 e. The van der Waals surface area contributed by atoms with Crippen LogP contribution in [0.4, 0.5) is 4.39 Å². The molecule has 0 bridgehead atoms. The number of aliphatic hydroxyl groups is 1. The van der Waals surface area contributed by atoms with Crippen molar-refractivity contribution < 1.29 is 23.8 Å². The first-order valence-corrected chi connectivity index (χ1v) is 8.23. The average molecular weight is 373 g/mol. The first kappa shape index (κ1) is 18.7. The number of methoxy groups -OCH3 is 1. The molecule has 142 valence electrons. The maximum absolute atomic E-state index is 13.5. The molecule has 0 saturated heterocycles. The van der Waals surface area contributed by atoms with Crippen LogP contribution in [0.15, 0.2) is 36.0 Å². The van der Waals surface area contributed by atoms with E-state index in [-0.39, 0.29) is 17.5 Å². The summed E-state index contributed by atoms with van der Waals surface area (Å²) >= 11 is 0. The monoisotopic (exact) mass is 373 g/mol. The van der Waals surface area contributed by atoms with Gasteiger partial charge in [-0.2, -0.15) is 0 Å². The summed E-state index contributed by atoms with van der Waals surface area (Å²) in [5, 5.41) is 12.5. The van der Waals surface area contributed by atoms with Gasteiger partial charge in [-0.25, -0.2) is 9.37 Å². The number of aryl methyl sites for hydroxylation is 1. The van der Waals surface area contributed by atoms with Crippen molar-refractivity contribution in [2.24, 2.45) is 0 Å². The van der Waals surface area contributed by atoms with Gasteiger partial charge in [-0.15, -0.1) is 0 Å². The second-order valence-electron chi connectivity index (χ2n) is 6.17. The summed E-state index contributed by atoms with van der Waals surface area (Å²) in [5.74, 6) is -0.161. The minimum Gasteiger partial charge on any atom is -0.493 e. The number of amides is 1. The third kappa shape index (κ3) is 3.56. The van der Waals surface area contributed by atoms with Gasteiger partial charge in [-0.05, 0) is 37.6 Å². The first-order chi connectivity index (χ1) is 12.8. The van der Waals surface area contributed by atoms with Gasteiger partial charge >= 0.3 is 0 Å². The van der Waals surface area contributed by atoms with E-state index in [1.807, 2.05) is 6.92 Å². The minimum atomic E-state index is -1.09. The van der Waals surface area contributed by atoms with Crippen molar-refractivity contribution in [3.05, 3.63) is 53.0 Å². The molecule has 1 aliphatic rings. The minimum absolute atomic E-state index is 0.0398. The third-order valence-electron chi connectivity index (χ3n) is 4.37. The highest BCUT2D eigenvalue weighted by molar-refractivity contribution is 6.02. The molecule has 7 nitrogen and oxygen atoms in total. The number of halogens is 1. The molecule has 1 unspecified atom stereocenters. The maximum Gasteiger partial charge on any atom is 0.252 e. The molecule has 27 heavy (non-hydrogen) atoms. The lowest BCUT2D eigenvalue weighted by Crippen LogP contribution is -2.50. The number of rotatable bonds is 4. The number of benzene rings is 1. The highest BCUT2D eigenvalue weighted by Crippen LogP contribution is 2.32. The van der Waals surface area contributed by atoms with Crippen LogP contribution >= 0.6 is 0 Å². The molecule has 0 spiro atoms. The molecule has 2 heterocycles. The number of hydrogen-bond acceptors (Lipinski definition) is 6. The van der Waals surface area contributed by atoms with Crippen molar-refractivity contribution in [1.29, 1.82) is 0 Å². The van der Waals surface area contributed by atoms with Gasteiger partial charge in [0, 0.05) is 24.3 Å². The van der Waals surface area contributed by atoms with Crippen molar-refractivity contribution in [3.63, 3.8) is 0 Å². The van der Waals surface area contributed by atoms with Crippen LogP contribution in [-0.2, 0) is 4.79 Å². The van der Waals surface area contributed by atoms with Gasteiger partial charge in [0.05, 0.1) is 19.0 Å². The first-order valence-electron chi connectivity index (χ1n) is 8.23. The fourth-order valence-electron chi connectivity index (χ4n) is 2.91. The highest BCUT2D eigenvalue weighted by Gasteiger charge is 2.28. The van der Waals surface area contributed by atoms with E-state index in [0.29, 0.717) is 17.0 Å². The lowest BCUT2D eigenvalue weighted by atomic mass is 9.99. The van der Waals surface area contributed by atoms with Crippen LogP contribution in [0.25, 0.3) is 5.70 Å². The molecular weight excluding hydrogens is 353 g/mol. The molecule has 0 saturated carbocycles. The van der Waals surface area contributed by atoms with Crippen molar-refractivity contribution in [3.8, 4) is 17.4 Å². The zero-order chi connectivity index (χ0) is 19.7. The molecule has 1 atom stereocenters. The molecule has 0 aliphatic carbocycles. The molecule has 3 rings (SSSR count). The van der Waals surface area contributed by atoms with E-state index in [4.69, 9.17) is 9.47 Å². The van der Waals surface area contributed by atoms with Crippen molar-refractivity contribution >= 4 is 11.6 Å². The van der Waals surface area contributed by atoms with Crippen LogP contribution < -0.4 is 14.8 Å². The molecule has 1 aromatic carbocycles. The van der Waals surface area contributed by atoms with Gasteiger partial charge in [0.2, 0.25) is 12.2 Å². The number of ether oxygens (including phenoxy) is 2. The van der Waals surface area contributed by atoms with E-state index in [1.165, 1.54) is 13.2 Å². The Bertz CT molecular complexity index is 929. The van der Waals surface area contributed by atoms with E-state index in [9.17, 15) is 14.3 Å².